The summed E-state index contributed by atoms with van der Waals surface area (Å²) in [6.45, 7) is 3.00. The molecule has 1 saturated carbocycles. The lowest BCUT2D eigenvalue weighted by molar-refractivity contribution is -0.146. The van der Waals surface area contributed by atoms with Crippen LogP contribution in [-0.4, -0.2) is 12.2 Å². The molecule has 104 valence electrons. The molecule has 1 spiro atoms. The molecule has 0 bridgehead atoms. The van der Waals surface area contributed by atoms with Crippen LogP contribution >= 0.6 is 15.9 Å². The van der Waals surface area contributed by atoms with Crippen molar-refractivity contribution in [3.05, 3.63) is 33.8 Å². The van der Waals surface area contributed by atoms with Crippen LogP contribution < -0.4 is 5.73 Å². The van der Waals surface area contributed by atoms with Gasteiger partial charge in [-0.2, -0.15) is 0 Å². The van der Waals surface area contributed by atoms with Crippen LogP contribution in [0.2, 0.25) is 0 Å². The van der Waals surface area contributed by atoms with Gasteiger partial charge < -0.3 is 10.5 Å². The number of benzene rings is 1. The highest BCUT2D eigenvalue weighted by atomic mass is 79.9. The molecular weight excluding hydrogens is 302 g/mol. The van der Waals surface area contributed by atoms with Crippen molar-refractivity contribution in [1.82, 2.24) is 0 Å². The zero-order valence-corrected chi connectivity index (χ0v) is 13.1. The van der Waals surface area contributed by atoms with Crippen LogP contribution in [0.3, 0.4) is 0 Å². The summed E-state index contributed by atoms with van der Waals surface area (Å²) >= 11 is 3.70. The Morgan fingerprint density at radius 1 is 1.42 bits per heavy atom. The molecule has 1 saturated heterocycles. The average molecular weight is 324 g/mol. The molecule has 1 aliphatic heterocycles. The maximum Gasteiger partial charge on any atom is 0.0686 e. The lowest BCUT2D eigenvalue weighted by Crippen LogP contribution is -2.47. The quantitative estimate of drug-likeness (QED) is 0.889. The highest BCUT2D eigenvalue weighted by Gasteiger charge is 2.44. The largest absolute Gasteiger partial charge is 0.375 e. The first-order valence-electron chi connectivity index (χ1n) is 7.26. The normalized spacial score (nSPS) is 27.0. The topological polar surface area (TPSA) is 35.2 Å². The van der Waals surface area contributed by atoms with Gasteiger partial charge in [0.1, 0.15) is 0 Å². The molecule has 3 rings (SSSR count). The molecule has 1 aromatic carbocycles. The molecule has 1 aliphatic carbocycles. The Labute approximate surface area is 123 Å². The molecule has 0 aromatic heterocycles. The van der Waals surface area contributed by atoms with Crippen molar-refractivity contribution in [3.8, 4) is 0 Å². The molecule has 2 atom stereocenters. The number of hydrogen-bond donors (Lipinski definition) is 1. The number of nitrogens with two attached hydrogens (primary N) is 1. The van der Waals surface area contributed by atoms with E-state index in [9.17, 15) is 0 Å². The summed E-state index contributed by atoms with van der Waals surface area (Å²) in [5, 5.41) is 0. The monoisotopic (exact) mass is 323 g/mol. The lowest BCUT2D eigenvalue weighted by Gasteiger charge is -2.48. The standard InChI is InChI=1S/C16H22BrNO/c1-11-4-2-5-13(14(11)17)15(18)12-6-9-19-16(10-12)7-3-8-16/h2,4-5,12,15H,3,6-10,18H2,1H3. The molecule has 2 unspecified atom stereocenters. The molecule has 3 heteroatoms. The summed E-state index contributed by atoms with van der Waals surface area (Å²) in [7, 11) is 0. The van der Waals surface area contributed by atoms with E-state index in [4.69, 9.17) is 10.5 Å². The molecule has 1 aromatic rings. The van der Waals surface area contributed by atoms with E-state index in [1.54, 1.807) is 0 Å². The van der Waals surface area contributed by atoms with E-state index < -0.39 is 0 Å². The predicted molar refractivity (Wildman–Crippen MR) is 81.1 cm³/mol. The van der Waals surface area contributed by atoms with Gasteiger partial charge in [-0.05, 0) is 56.1 Å². The molecule has 19 heavy (non-hydrogen) atoms. The van der Waals surface area contributed by atoms with Crippen LogP contribution in [0.5, 0.6) is 0 Å². The van der Waals surface area contributed by atoms with Gasteiger partial charge in [-0.25, -0.2) is 0 Å². The van der Waals surface area contributed by atoms with Gasteiger partial charge in [-0.3, -0.25) is 0 Å². The van der Waals surface area contributed by atoms with Gasteiger partial charge in [0.15, 0.2) is 0 Å². The lowest BCUT2D eigenvalue weighted by atomic mass is 9.70. The second kappa shape index (κ2) is 5.19. The van der Waals surface area contributed by atoms with E-state index in [1.165, 1.54) is 34.9 Å². The number of hydrogen-bond acceptors (Lipinski definition) is 2. The number of ether oxygens (including phenoxy) is 1. The van der Waals surface area contributed by atoms with E-state index >= 15 is 0 Å². The van der Waals surface area contributed by atoms with Crippen molar-refractivity contribution >= 4 is 15.9 Å². The average Bonchev–Trinajstić information content (AvgIpc) is 2.39. The zero-order chi connectivity index (χ0) is 13.5. The van der Waals surface area contributed by atoms with Crippen molar-refractivity contribution in [2.24, 2.45) is 11.7 Å². The van der Waals surface area contributed by atoms with E-state index in [2.05, 4.69) is 41.1 Å². The minimum Gasteiger partial charge on any atom is -0.375 e. The second-order valence-corrected chi connectivity index (χ2v) is 6.93. The molecular formula is C16H22BrNO. The molecule has 0 amide bonds. The Hall–Kier alpha value is -0.380. The molecule has 2 nitrogen and oxygen atoms in total. The third-order valence-corrected chi connectivity index (χ3v) is 5.97. The molecule has 2 fully saturated rings. The Bertz CT molecular complexity index is 470. The number of aryl methyl sites for hydroxylation is 1. The van der Waals surface area contributed by atoms with Gasteiger partial charge in [0, 0.05) is 17.1 Å². The summed E-state index contributed by atoms with van der Waals surface area (Å²) in [5.74, 6) is 0.548. The first-order valence-corrected chi connectivity index (χ1v) is 8.05. The zero-order valence-electron chi connectivity index (χ0n) is 11.5. The molecule has 1 heterocycles. The highest BCUT2D eigenvalue weighted by molar-refractivity contribution is 9.10. The summed E-state index contributed by atoms with van der Waals surface area (Å²) < 4.78 is 7.18. The Kier molecular flexibility index (Phi) is 3.71. The fourth-order valence-corrected chi connectivity index (χ4v) is 4.00. The van der Waals surface area contributed by atoms with E-state index in [1.807, 2.05) is 0 Å². The smallest absolute Gasteiger partial charge is 0.0686 e. The second-order valence-electron chi connectivity index (χ2n) is 6.14. The van der Waals surface area contributed by atoms with Gasteiger partial charge >= 0.3 is 0 Å². The number of halogens is 1. The third-order valence-electron chi connectivity index (χ3n) is 4.88. The third kappa shape index (κ3) is 2.48. The maximum atomic E-state index is 6.55. The van der Waals surface area contributed by atoms with Crippen molar-refractivity contribution < 1.29 is 4.74 Å². The van der Waals surface area contributed by atoms with Gasteiger partial charge in [-0.1, -0.05) is 34.1 Å². The van der Waals surface area contributed by atoms with Crippen LogP contribution in [0.4, 0.5) is 0 Å². The molecule has 2 aliphatic rings. The van der Waals surface area contributed by atoms with Gasteiger partial charge in [-0.15, -0.1) is 0 Å². The van der Waals surface area contributed by atoms with Crippen molar-refractivity contribution in [1.29, 1.82) is 0 Å². The van der Waals surface area contributed by atoms with Crippen LogP contribution in [0.1, 0.15) is 49.3 Å². The van der Waals surface area contributed by atoms with Crippen LogP contribution in [0, 0.1) is 12.8 Å². The van der Waals surface area contributed by atoms with E-state index in [0.29, 0.717) is 5.92 Å². The van der Waals surface area contributed by atoms with Crippen LogP contribution in [0.25, 0.3) is 0 Å². The van der Waals surface area contributed by atoms with Gasteiger partial charge in [0.05, 0.1) is 5.60 Å². The fraction of sp³-hybridized carbons (Fsp3) is 0.625. The highest BCUT2D eigenvalue weighted by Crippen LogP contribution is 2.47. The minimum absolute atomic E-state index is 0.121. The summed E-state index contributed by atoms with van der Waals surface area (Å²) in [6, 6.07) is 6.51. The Morgan fingerprint density at radius 3 is 2.89 bits per heavy atom. The number of rotatable bonds is 2. The summed E-state index contributed by atoms with van der Waals surface area (Å²) in [5.41, 5.74) is 9.24. The fourth-order valence-electron chi connectivity index (χ4n) is 3.47. The summed E-state index contributed by atoms with van der Waals surface area (Å²) in [6.07, 6.45) is 5.99. The molecule has 2 N–H and O–H groups in total. The predicted octanol–water partition coefficient (Wildman–Crippen LogP) is 4.11. The van der Waals surface area contributed by atoms with Crippen molar-refractivity contribution in [2.75, 3.05) is 6.61 Å². The van der Waals surface area contributed by atoms with Crippen molar-refractivity contribution in [3.63, 3.8) is 0 Å². The Balaban J connectivity index is 1.79. The van der Waals surface area contributed by atoms with Gasteiger partial charge in [0.25, 0.3) is 0 Å². The Morgan fingerprint density at radius 2 is 2.21 bits per heavy atom. The van der Waals surface area contributed by atoms with Crippen molar-refractivity contribution in [2.45, 2.75) is 50.7 Å². The SMILES string of the molecule is Cc1cccc(C(N)C2CCOC3(CCC3)C2)c1Br. The van der Waals surface area contributed by atoms with Crippen LogP contribution in [-0.2, 0) is 4.74 Å². The minimum atomic E-state index is 0.121. The van der Waals surface area contributed by atoms with Gasteiger partial charge in [0.2, 0.25) is 0 Å². The first-order chi connectivity index (χ1) is 9.11. The summed E-state index contributed by atoms with van der Waals surface area (Å²) in [4.78, 5) is 0. The van der Waals surface area contributed by atoms with E-state index in [0.717, 1.165) is 19.4 Å². The molecule has 0 radical (unpaired) electrons. The van der Waals surface area contributed by atoms with Crippen LogP contribution in [0.15, 0.2) is 22.7 Å². The van der Waals surface area contributed by atoms with E-state index in [-0.39, 0.29) is 11.6 Å². The first kappa shape index (κ1) is 13.6. The maximum absolute atomic E-state index is 6.55.